The van der Waals surface area contributed by atoms with Gasteiger partial charge in [-0.05, 0) is 58.5 Å². The van der Waals surface area contributed by atoms with E-state index in [1.165, 1.54) is 50.5 Å². The second kappa shape index (κ2) is 9.21. The summed E-state index contributed by atoms with van der Waals surface area (Å²) >= 11 is 0. The highest BCUT2D eigenvalue weighted by molar-refractivity contribution is 5.77. The van der Waals surface area contributed by atoms with E-state index in [1.807, 2.05) is 7.05 Å². The Bertz CT molecular complexity index is 348. The van der Waals surface area contributed by atoms with Crippen molar-refractivity contribution in [1.29, 1.82) is 0 Å². The highest BCUT2D eigenvalue weighted by Gasteiger charge is 2.16. The lowest BCUT2D eigenvalue weighted by atomic mass is 9.97. The maximum Gasteiger partial charge on any atom is 0.234 e. The van der Waals surface area contributed by atoms with Crippen LogP contribution in [0.4, 0.5) is 0 Å². The molecule has 0 radical (unpaired) electrons. The summed E-state index contributed by atoms with van der Waals surface area (Å²) in [5.74, 6) is 0.157. The first-order chi connectivity index (χ1) is 10.2. The van der Waals surface area contributed by atoms with Crippen LogP contribution in [0.1, 0.15) is 51.4 Å². The zero-order valence-electron chi connectivity index (χ0n) is 13.5. The lowest BCUT2D eigenvalue weighted by Gasteiger charge is -2.27. The number of rotatable bonds is 7. The minimum atomic E-state index is 0.157. The number of nitrogens with zero attached hydrogens (tertiary/aromatic N) is 1. The summed E-state index contributed by atoms with van der Waals surface area (Å²) in [6.45, 7) is 3.40. The van der Waals surface area contributed by atoms with E-state index in [1.54, 1.807) is 0 Å². The van der Waals surface area contributed by atoms with Gasteiger partial charge < -0.3 is 10.6 Å². The van der Waals surface area contributed by atoms with Crippen molar-refractivity contribution in [3.8, 4) is 0 Å². The lowest BCUT2D eigenvalue weighted by molar-refractivity contribution is -0.122. The van der Waals surface area contributed by atoms with Gasteiger partial charge in [-0.15, -0.1) is 0 Å². The van der Waals surface area contributed by atoms with Crippen molar-refractivity contribution in [2.24, 2.45) is 0 Å². The van der Waals surface area contributed by atoms with E-state index in [-0.39, 0.29) is 5.91 Å². The Kier molecular flexibility index (Phi) is 7.24. The Morgan fingerprint density at radius 1 is 1.38 bits per heavy atom. The van der Waals surface area contributed by atoms with Gasteiger partial charge in [-0.1, -0.05) is 18.1 Å². The molecule has 1 atom stereocenters. The number of amides is 1. The molecule has 4 heteroatoms. The molecule has 0 bridgehead atoms. The number of hydrogen-bond acceptors (Lipinski definition) is 3. The first-order valence-corrected chi connectivity index (χ1v) is 8.60. The molecule has 2 aliphatic rings. The summed E-state index contributed by atoms with van der Waals surface area (Å²) in [6.07, 6.45) is 12.3. The maximum atomic E-state index is 11.9. The van der Waals surface area contributed by atoms with Gasteiger partial charge in [0.1, 0.15) is 0 Å². The molecule has 0 aromatic carbocycles. The lowest BCUT2D eigenvalue weighted by Crippen LogP contribution is -2.45. The Morgan fingerprint density at radius 2 is 2.29 bits per heavy atom. The Hall–Kier alpha value is -0.870. The molecule has 4 nitrogen and oxygen atoms in total. The van der Waals surface area contributed by atoms with Gasteiger partial charge >= 0.3 is 0 Å². The van der Waals surface area contributed by atoms with Crippen molar-refractivity contribution in [1.82, 2.24) is 15.5 Å². The molecule has 0 saturated carbocycles. The number of likely N-dealkylation sites (N-methyl/N-ethyl adjacent to an activating group) is 1. The summed E-state index contributed by atoms with van der Waals surface area (Å²) in [5, 5.41) is 6.58. The normalized spacial score (nSPS) is 23.0. The van der Waals surface area contributed by atoms with E-state index in [0.29, 0.717) is 12.6 Å². The van der Waals surface area contributed by atoms with Crippen LogP contribution in [-0.4, -0.2) is 50.1 Å². The molecule has 2 rings (SSSR count). The monoisotopic (exact) mass is 293 g/mol. The van der Waals surface area contributed by atoms with Crippen molar-refractivity contribution in [3.05, 3.63) is 11.6 Å². The van der Waals surface area contributed by atoms with Crippen LogP contribution in [0.5, 0.6) is 0 Å². The van der Waals surface area contributed by atoms with Crippen molar-refractivity contribution < 1.29 is 4.79 Å². The number of carbonyl (C=O) groups excluding carboxylic acids is 1. The number of carbonyl (C=O) groups is 1. The molecule has 1 heterocycles. The fourth-order valence-corrected chi connectivity index (χ4v) is 3.32. The zero-order valence-corrected chi connectivity index (χ0v) is 13.5. The van der Waals surface area contributed by atoms with E-state index in [9.17, 15) is 4.79 Å². The number of hydrogen-bond donors (Lipinski definition) is 2. The summed E-state index contributed by atoms with van der Waals surface area (Å²) in [7, 11) is 2.04. The van der Waals surface area contributed by atoms with E-state index >= 15 is 0 Å². The van der Waals surface area contributed by atoms with Crippen LogP contribution in [-0.2, 0) is 4.79 Å². The second-order valence-corrected chi connectivity index (χ2v) is 6.55. The predicted octanol–water partition coefficient (Wildman–Crippen LogP) is 2.07. The summed E-state index contributed by atoms with van der Waals surface area (Å²) < 4.78 is 0. The quantitative estimate of drug-likeness (QED) is 0.706. The summed E-state index contributed by atoms with van der Waals surface area (Å²) in [4.78, 5) is 14.1. The van der Waals surface area contributed by atoms with Crippen molar-refractivity contribution in [3.63, 3.8) is 0 Å². The van der Waals surface area contributed by atoms with E-state index in [0.717, 1.165) is 26.1 Å². The van der Waals surface area contributed by atoms with Crippen LogP contribution in [0.15, 0.2) is 11.6 Å². The van der Waals surface area contributed by atoms with Gasteiger partial charge in [-0.2, -0.15) is 0 Å². The zero-order chi connectivity index (χ0) is 14.9. The van der Waals surface area contributed by atoms with Crippen molar-refractivity contribution in [2.75, 3.05) is 33.2 Å². The third-order valence-electron chi connectivity index (χ3n) is 4.51. The molecule has 1 amide bonds. The number of allylic oxidation sites excluding steroid dienone is 1. The highest BCUT2D eigenvalue weighted by Crippen LogP contribution is 2.19. The highest BCUT2D eigenvalue weighted by atomic mass is 16.2. The van der Waals surface area contributed by atoms with E-state index in [4.69, 9.17) is 0 Å². The molecule has 0 aromatic heterocycles. The topological polar surface area (TPSA) is 44.4 Å². The third-order valence-corrected chi connectivity index (χ3v) is 4.51. The first kappa shape index (κ1) is 16.5. The Morgan fingerprint density at radius 3 is 3.00 bits per heavy atom. The van der Waals surface area contributed by atoms with Gasteiger partial charge in [0.2, 0.25) is 5.91 Å². The van der Waals surface area contributed by atoms with Crippen LogP contribution in [0.25, 0.3) is 0 Å². The molecule has 2 N–H and O–H groups in total. The average molecular weight is 293 g/mol. The Balaban J connectivity index is 1.56. The van der Waals surface area contributed by atoms with Crippen molar-refractivity contribution in [2.45, 2.75) is 57.4 Å². The summed E-state index contributed by atoms with van der Waals surface area (Å²) in [6, 6.07) is 0.559. The third kappa shape index (κ3) is 6.62. The van der Waals surface area contributed by atoms with Gasteiger partial charge in [0.25, 0.3) is 0 Å². The predicted molar refractivity (Wildman–Crippen MR) is 87.3 cm³/mol. The van der Waals surface area contributed by atoms with Gasteiger partial charge in [-0.3, -0.25) is 9.69 Å². The van der Waals surface area contributed by atoms with Crippen LogP contribution < -0.4 is 10.6 Å². The minimum absolute atomic E-state index is 0.157. The number of nitrogens with one attached hydrogen (secondary N) is 2. The summed E-state index contributed by atoms with van der Waals surface area (Å²) in [5.41, 5.74) is 1.53. The molecule has 0 spiro atoms. The smallest absolute Gasteiger partial charge is 0.234 e. The van der Waals surface area contributed by atoms with Crippen LogP contribution >= 0.6 is 0 Å². The SMILES string of the molecule is CN(CC(=O)NCCC1=CCCCC1)CC1CCCCN1. The molecular weight excluding hydrogens is 262 g/mol. The van der Waals surface area contributed by atoms with Gasteiger partial charge in [0.05, 0.1) is 6.54 Å². The fourth-order valence-electron chi connectivity index (χ4n) is 3.32. The fraction of sp³-hybridized carbons (Fsp3) is 0.824. The second-order valence-electron chi connectivity index (χ2n) is 6.55. The van der Waals surface area contributed by atoms with Crippen molar-refractivity contribution >= 4 is 5.91 Å². The van der Waals surface area contributed by atoms with Crippen LogP contribution in [0.2, 0.25) is 0 Å². The number of piperidine rings is 1. The molecule has 1 saturated heterocycles. The van der Waals surface area contributed by atoms with Gasteiger partial charge in [-0.25, -0.2) is 0 Å². The van der Waals surface area contributed by atoms with Crippen LogP contribution in [0.3, 0.4) is 0 Å². The van der Waals surface area contributed by atoms with E-state index < -0.39 is 0 Å². The maximum absolute atomic E-state index is 11.9. The largest absolute Gasteiger partial charge is 0.355 e. The molecule has 120 valence electrons. The molecule has 1 aliphatic heterocycles. The van der Waals surface area contributed by atoms with Gasteiger partial charge in [0, 0.05) is 19.1 Å². The molecular formula is C17H31N3O. The minimum Gasteiger partial charge on any atom is -0.355 e. The molecule has 1 unspecified atom stereocenters. The average Bonchev–Trinajstić information content (AvgIpc) is 2.49. The molecule has 1 aliphatic carbocycles. The first-order valence-electron chi connectivity index (χ1n) is 8.60. The van der Waals surface area contributed by atoms with E-state index in [2.05, 4.69) is 21.6 Å². The van der Waals surface area contributed by atoms with Gasteiger partial charge in [0.15, 0.2) is 0 Å². The Labute approximate surface area is 129 Å². The molecule has 0 aromatic rings. The molecule has 1 fully saturated rings. The standard InChI is InChI=1S/C17H31N3O/c1-20(13-16-9-5-6-11-18-16)14-17(21)19-12-10-15-7-3-2-4-8-15/h7,16,18H,2-6,8-14H2,1H3,(H,19,21). The van der Waals surface area contributed by atoms with Crippen LogP contribution in [0, 0.1) is 0 Å². The molecule has 21 heavy (non-hydrogen) atoms.